The lowest BCUT2D eigenvalue weighted by Gasteiger charge is -1.94. The predicted molar refractivity (Wildman–Crippen MR) is 46.3 cm³/mol. The van der Waals surface area contributed by atoms with Crippen molar-refractivity contribution >= 4 is 0 Å². The summed E-state index contributed by atoms with van der Waals surface area (Å²) in [5.41, 5.74) is 0.383. The summed E-state index contributed by atoms with van der Waals surface area (Å²) >= 11 is 0. The van der Waals surface area contributed by atoms with E-state index in [4.69, 9.17) is 0 Å². The van der Waals surface area contributed by atoms with Gasteiger partial charge in [-0.2, -0.15) is 0 Å². The van der Waals surface area contributed by atoms with Gasteiger partial charge in [0.15, 0.2) is 5.75 Å². The molecule has 2 heteroatoms. The fourth-order valence-corrected chi connectivity index (χ4v) is 1.13. The molecule has 2 nitrogen and oxygen atoms in total. The highest BCUT2D eigenvalue weighted by Gasteiger charge is 2.17. The van der Waals surface area contributed by atoms with Gasteiger partial charge < -0.3 is 5.11 Å². The van der Waals surface area contributed by atoms with E-state index in [9.17, 15) is 9.90 Å². The maximum atomic E-state index is 11.1. The Kier molecular flexibility index (Phi) is 1.47. The molecule has 60 valence electrons. The van der Waals surface area contributed by atoms with Gasteiger partial charge in [0.05, 0.1) is 0 Å². The van der Waals surface area contributed by atoms with E-state index in [0.29, 0.717) is 5.56 Å². The average Bonchev–Trinajstić information content (AvgIpc) is 2.84. The quantitative estimate of drug-likeness (QED) is 0.630. The highest BCUT2D eigenvalue weighted by atomic mass is 16.3. The van der Waals surface area contributed by atoms with Gasteiger partial charge in [-0.25, -0.2) is 0 Å². The van der Waals surface area contributed by atoms with Crippen LogP contribution in [-0.2, 0) is 0 Å². The molecule has 0 radical (unpaired) electrons. The zero-order valence-electron chi connectivity index (χ0n) is 6.40. The maximum absolute atomic E-state index is 11.1. The lowest BCUT2D eigenvalue weighted by atomic mass is 10.1. The molecule has 1 aromatic carbocycles. The molecule has 1 N–H and O–H groups in total. The molecule has 0 saturated heterocycles. The van der Waals surface area contributed by atoms with Crippen LogP contribution < -0.4 is 5.43 Å². The Bertz CT molecular complexity index is 387. The zero-order valence-corrected chi connectivity index (χ0v) is 6.40. The normalized spacial score (nSPS) is 14.7. The Labute approximate surface area is 69.8 Å². The van der Waals surface area contributed by atoms with Crippen LogP contribution >= 0.6 is 0 Å². The van der Waals surface area contributed by atoms with Gasteiger partial charge in [0.1, 0.15) is 0 Å². The second-order valence-electron chi connectivity index (χ2n) is 2.80. The van der Waals surface area contributed by atoms with Crippen molar-refractivity contribution in [2.24, 2.45) is 0 Å². The van der Waals surface area contributed by atoms with Crippen LogP contribution in [-0.4, -0.2) is 5.11 Å². The Morgan fingerprint density at radius 3 is 2.50 bits per heavy atom. The molecule has 0 fully saturated rings. The number of aromatic hydroxyl groups is 1. The molecule has 1 aliphatic rings. The van der Waals surface area contributed by atoms with Gasteiger partial charge in [-0.05, 0) is 6.07 Å². The molecule has 0 heterocycles. The van der Waals surface area contributed by atoms with Gasteiger partial charge in [0.2, 0.25) is 5.43 Å². The van der Waals surface area contributed by atoms with Gasteiger partial charge in [-0.1, -0.05) is 30.4 Å². The molecule has 0 unspecified atom stereocenters. The summed E-state index contributed by atoms with van der Waals surface area (Å²) in [5.74, 6) is 0.0418. The largest absolute Gasteiger partial charge is 0.504 e. The number of hydrogen-bond acceptors (Lipinski definition) is 2. The first-order valence-corrected chi connectivity index (χ1v) is 3.79. The Balaban J connectivity index is 2.62. The molecule has 12 heavy (non-hydrogen) atoms. The minimum absolute atomic E-state index is 0.130. The second kappa shape index (κ2) is 2.48. The fraction of sp³-hybridized carbons (Fsp3) is 0.100. The van der Waals surface area contributed by atoms with Gasteiger partial charge in [-0.3, -0.25) is 4.79 Å². The van der Waals surface area contributed by atoms with Crippen molar-refractivity contribution in [2.45, 2.75) is 5.92 Å². The van der Waals surface area contributed by atoms with Crippen molar-refractivity contribution < 1.29 is 5.11 Å². The molecule has 0 aliphatic heterocycles. The molecular formula is C10H8O2. The molecule has 0 atom stereocenters. The Morgan fingerprint density at radius 1 is 1.17 bits per heavy atom. The summed E-state index contributed by atoms with van der Waals surface area (Å²) in [7, 11) is 0. The molecule has 0 spiro atoms. The molecule has 0 bridgehead atoms. The van der Waals surface area contributed by atoms with Crippen LogP contribution in [0, 0.1) is 0 Å². The lowest BCUT2D eigenvalue weighted by Crippen LogP contribution is -1.95. The first-order chi connectivity index (χ1) is 5.79. The summed E-state index contributed by atoms with van der Waals surface area (Å²) in [6.45, 7) is 0. The van der Waals surface area contributed by atoms with Crippen LogP contribution in [0.4, 0.5) is 0 Å². The predicted octanol–water partition coefficient (Wildman–Crippen LogP) is 1.41. The van der Waals surface area contributed by atoms with Crippen LogP contribution in [0.15, 0.2) is 41.2 Å². The van der Waals surface area contributed by atoms with Crippen LogP contribution in [0.25, 0.3) is 0 Å². The summed E-state index contributed by atoms with van der Waals surface area (Å²) in [5, 5.41) is 9.42. The van der Waals surface area contributed by atoms with E-state index in [2.05, 4.69) is 0 Å². The molecule has 1 aliphatic carbocycles. The van der Waals surface area contributed by atoms with Crippen molar-refractivity contribution in [1.29, 1.82) is 0 Å². The minimum atomic E-state index is -0.316. The standard InChI is InChI=1S/C10H8O2/c11-9-4-2-1-3-8(10(9)12)7-5-6-7/h1-7H,(H,11,12). The van der Waals surface area contributed by atoms with E-state index in [0.717, 1.165) is 0 Å². The molecule has 0 saturated carbocycles. The van der Waals surface area contributed by atoms with E-state index < -0.39 is 0 Å². The van der Waals surface area contributed by atoms with Crippen LogP contribution in [0.5, 0.6) is 5.75 Å². The SMILES string of the molecule is O=c1ccccc(C2C=C2)c1O. The smallest absolute Gasteiger partial charge is 0.220 e. The van der Waals surface area contributed by atoms with E-state index >= 15 is 0 Å². The van der Waals surface area contributed by atoms with Crippen molar-refractivity contribution in [3.8, 4) is 5.75 Å². The number of hydrogen-bond donors (Lipinski definition) is 1. The van der Waals surface area contributed by atoms with E-state index in [1.54, 1.807) is 18.2 Å². The van der Waals surface area contributed by atoms with E-state index in [1.165, 1.54) is 6.07 Å². The van der Waals surface area contributed by atoms with Crippen molar-refractivity contribution in [3.05, 3.63) is 52.2 Å². The summed E-state index contributed by atoms with van der Waals surface area (Å²) < 4.78 is 0. The third kappa shape index (κ3) is 1.11. The first-order valence-electron chi connectivity index (χ1n) is 3.79. The van der Waals surface area contributed by atoms with Crippen molar-refractivity contribution in [3.63, 3.8) is 0 Å². The van der Waals surface area contributed by atoms with E-state index in [-0.39, 0.29) is 17.1 Å². The van der Waals surface area contributed by atoms with Crippen molar-refractivity contribution in [1.82, 2.24) is 0 Å². The summed E-state index contributed by atoms with van der Waals surface area (Å²) in [6, 6.07) is 6.52. The minimum Gasteiger partial charge on any atom is -0.504 e. The summed E-state index contributed by atoms with van der Waals surface area (Å²) in [4.78, 5) is 11.1. The van der Waals surface area contributed by atoms with Crippen LogP contribution in [0.1, 0.15) is 11.5 Å². The summed E-state index contributed by atoms with van der Waals surface area (Å²) in [6.07, 6.45) is 3.88. The van der Waals surface area contributed by atoms with Gasteiger partial charge in [-0.15, -0.1) is 0 Å². The number of rotatable bonds is 1. The topological polar surface area (TPSA) is 37.3 Å². The maximum Gasteiger partial charge on any atom is 0.220 e. The van der Waals surface area contributed by atoms with E-state index in [1.807, 2.05) is 12.2 Å². The van der Waals surface area contributed by atoms with Crippen molar-refractivity contribution in [2.75, 3.05) is 0 Å². The zero-order chi connectivity index (χ0) is 8.55. The average molecular weight is 160 g/mol. The third-order valence-electron chi connectivity index (χ3n) is 1.89. The van der Waals surface area contributed by atoms with Gasteiger partial charge in [0, 0.05) is 11.5 Å². The third-order valence-corrected chi connectivity index (χ3v) is 1.89. The molecule has 0 aromatic heterocycles. The Hall–Kier alpha value is -1.57. The van der Waals surface area contributed by atoms with Crippen LogP contribution in [0.2, 0.25) is 0 Å². The molecular weight excluding hydrogens is 152 g/mol. The van der Waals surface area contributed by atoms with Gasteiger partial charge >= 0.3 is 0 Å². The number of allylic oxidation sites excluding steroid dienone is 2. The molecule has 2 rings (SSSR count). The van der Waals surface area contributed by atoms with Crippen LogP contribution in [0.3, 0.4) is 0 Å². The highest BCUT2D eigenvalue weighted by Crippen LogP contribution is 2.32. The molecule has 1 aromatic rings. The Morgan fingerprint density at radius 2 is 1.83 bits per heavy atom. The first kappa shape index (κ1) is 7.10. The monoisotopic (exact) mass is 160 g/mol. The second-order valence-corrected chi connectivity index (χ2v) is 2.80. The van der Waals surface area contributed by atoms with Gasteiger partial charge in [0.25, 0.3) is 0 Å². The lowest BCUT2D eigenvalue weighted by molar-refractivity contribution is 0.465. The molecule has 0 amide bonds. The fourth-order valence-electron chi connectivity index (χ4n) is 1.13. The highest BCUT2D eigenvalue weighted by molar-refractivity contribution is 5.44.